The van der Waals surface area contributed by atoms with Crippen LogP contribution in [0.5, 0.6) is 0 Å². The Hall–Kier alpha value is -1.08. The Balaban J connectivity index is 1.52. The Bertz CT molecular complexity index is 586. The number of halogens is 1. The van der Waals surface area contributed by atoms with E-state index >= 15 is 0 Å². The van der Waals surface area contributed by atoms with E-state index in [2.05, 4.69) is 20.4 Å². The average molecular weight is 325 g/mol. The van der Waals surface area contributed by atoms with Crippen molar-refractivity contribution in [1.82, 2.24) is 20.4 Å². The molecule has 3 rings (SSSR count). The number of benzene rings is 1. The minimum Gasteiger partial charge on any atom is -0.338 e. The molecular formula is C14H17ClN4OS. The van der Waals surface area contributed by atoms with Gasteiger partial charge in [0.2, 0.25) is 5.89 Å². The van der Waals surface area contributed by atoms with Crippen molar-refractivity contribution in [1.29, 1.82) is 0 Å². The van der Waals surface area contributed by atoms with Gasteiger partial charge in [-0.05, 0) is 18.2 Å². The normalized spacial score (nSPS) is 16.2. The summed E-state index contributed by atoms with van der Waals surface area (Å²) in [5, 5.41) is 8.11. The first kappa shape index (κ1) is 14.8. The van der Waals surface area contributed by atoms with Gasteiger partial charge < -0.3 is 9.84 Å². The van der Waals surface area contributed by atoms with Gasteiger partial charge in [-0.1, -0.05) is 22.8 Å². The van der Waals surface area contributed by atoms with Crippen LogP contribution in [-0.4, -0.2) is 41.2 Å². The lowest BCUT2D eigenvalue weighted by Gasteiger charge is -2.25. The predicted octanol–water partition coefficient (Wildman–Crippen LogP) is 2.42. The maximum absolute atomic E-state index is 5.97. The van der Waals surface area contributed by atoms with Crippen LogP contribution < -0.4 is 5.32 Å². The Morgan fingerprint density at radius 3 is 3.00 bits per heavy atom. The van der Waals surface area contributed by atoms with Crippen molar-refractivity contribution in [3.63, 3.8) is 0 Å². The SMILES string of the molecule is Clc1cccc(SCc2noc(CN3CCNCC3)n2)c1. The van der Waals surface area contributed by atoms with Crippen LogP contribution in [0.15, 0.2) is 33.7 Å². The maximum atomic E-state index is 5.97. The van der Waals surface area contributed by atoms with Gasteiger partial charge in [0.1, 0.15) is 0 Å². The van der Waals surface area contributed by atoms with Crippen molar-refractivity contribution in [2.45, 2.75) is 17.2 Å². The van der Waals surface area contributed by atoms with Crippen molar-refractivity contribution < 1.29 is 4.52 Å². The number of aromatic nitrogens is 2. The van der Waals surface area contributed by atoms with Gasteiger partial charge in [0.15, 0.2) is 5.82 Å². The smallest absolute Gasteiger partial charge is 0.240 e. The summed E-state index contributed by atoms with van der Waals surface area (Å²) >= 11 is 7.62. The second-order valence-electron chi connectivity index (χ2n) is 4.88. The zero-order valence-corrected chi connectivity index (χ0v) is 13.2. The van der Waals surface area contributed by atoms with Crippen molar-refractivity contribution >= 4 is 23.4 Å². The van der Waals surface area contributed by atoms with Crippen molar-refractivity contribution in [3.05, 3.63) is 41.0 Å². The molecule has 5 nitrogen and oxygen atoms in total. The molecule has 0 aliphatic carbocycles. The first-order valence-corrected chi connectivity index (χ1v) is 8.29. The van der Waals surface area contributed by atoms with Gasteiger partial charge in [0, 0.05) is 36.1 Å². The summed E-state index contributed by atoms with van der Waals surface area (Å²) in [6.45, 7) is 4.82. The summed E-state index contributed by atoms with van der Waals surface area (Å²) in [4.78, 5) is 7.87. The topological polar surface area (TPSA) is 54.2 Å². The maximum Gasteiger partial charge on any atom is 0.240 e. The molecule has 1 aromatic heterocycles. The number of hydrogen-bond acceptors (Lipinski definition) is 6. The van der Waals surface area contributed by atoms with E-state index < -0.39 is 0 Å². The van der Waals surface area contributed by atoms with E-state index in [1.807, 2.05) is 24.3 Å². The largest absolute Gasteiger partial charge is 0.338 e. The highest BCUT2D eigenvalue weighted by Crippen LogP contribution is 2.24. The van der Waals surface area contributed by atoms with E-state index in [9.17, 15) is 0 Å². The molecule has 112 valence electrons. The highest BCUT2D eigenvalue weighted by atomic mass is 35.5. The molecular weight excluding hydrogens is 308 g/mol. The molecule has 0 spiro atoms. The summed E-state index contributed by atoms with van der Waals surface area (Å²) in [6.07, 6.45) is 0. The zero-order valence-electron chi connectivity index (χ0n) is 11.6. The van der Waals surface area contributed by atoms with Crippen LogP contribution in [0.4, 0.5) is 0 Å². The Kier molecular flexibility index (Phi) is 5.13. The fraction of sp³-hybridized carbons (Fsp3) is 0.429. The molecule has 0 amide bonds. The zero-order chi connectivity index (χ0) is 14.5. The summed E-state index contributed by atoms with van der Waals surface area (Å²) in [6, 6.07) is 7.77. The predicted molar refractivity (Wildman–Crippen MR) is 83.5 cm³/mol. The van der Waals surface area contributed by atoms with Gasteiger partial charge in [-0.15, -0.1) is 11.8 Å². The molecule has 0 bridgehead atoms. The van der Waals surface area contributed by atoms with Crippen LogP contribution in [0.2, 0.25) is 5.02 Å². The summed E-state index contributed by atoms with van der Waals surface area (Å²) in [7, 11) is 0. The number of nitrogens with one attached hydrogen (secondary N) is 1. The molecule has 0 radical (unpaired) electrons. The third kappa shape index (κ3) is 4.44. The van der Waals surface area contributed by atoms with Crippen LogP contribution >= 0.6 is 23.4 Å². The third-order valence-corrected chi connectivity index (χ3v) is 4.47. The molecule has 2 heterocycles. The molecule has 1 N–H and O–H groups in total. The molecule has 1 aliphatic rings. The van der Waals surface area contributed by atoms with Crippen LogP contribution in [-0.2, 0) is 12.3 Å². The first-order chi connectivity index (χ1) is 10.3. The quantitative estimate of drug-likeness (QED) is 0.852. The molecule has 1 aliphatic heterocycles. The molecule has 21 heavy (non-hydrogen) atoms. The van der Waals surface area contributed by atoms with Gasteiger partial charge >= 0.3 is 0 Å². The van der Waals surface area contributed by atoms with Gasteiger partial charge in [-0.25, -0.2) is 0 Å². The number of rotatable bonds is 5. The number of thioether (sulfide) groups is 1. The van der Waals surface area contributed by atoms with Crippen molar-refractivity contribution in [2.24, 2.45) is 0 Å². The Labute approximate surface area is 133 Å². The number of piperazine rings is 1. The molecule has 0 unspecified atom stereocenters. The van der Waals surface area contributed by atoms with Crippen LogP contribution in [0.1, 0.15) is 11.7 Å². The van der Waals surface area contributed by atoms with E-state index in [1.165, 1.54) is 0 Å². The van der Waals surface area contributed by atoms with Crippen LogP contribution in [0.25, 0.3) is 0 Å². The van der Waals surface area contributed by atoms with E-state index in [1.54, 1.807) is 11.8 Å². The molecule has 7 heteroatoms. The van der Waals surface area contributed by atoms with E-state index in [-0.39, 0.29) is 0 Å². The number of nitrogens with zero attached hydrogens (tertiary/aromatic N) is 3. The fourth-order valence-corrected chi connectivity index (χ4v) is 3.23. The van der Waals surface area contributed by atoms with Crippen molar-refractivity contribution in [3.8, 4) is 0 Å². The highest BCUT2D eigenvalue weighted by Gasteiger charge is 2.14. The standard InChI is InChI=1S/C14H17ClN4OS/c15-11-2-1-3-12(8-11)21-10-13-17-14(20-18-13)9-19-6-4-16-5-7-19/h1-3,8,16H,4-7,9-10H2. The summed E-state index contributed by atoms with van der Waals surface area (Å²) < 4.78 is 5.32. The second kappa shape index (κ2) is 7.26. The third-order valence-electron chi connectivity index (χ3n) is 3.24. The average Bonchev–Trinajstić information content (AvgIpc) is 2.94. The Morgan fingerprint density at radius 1 is 1.33 bits per heavy atom. The summed E-state index contributed by atoms with van der Waals surface area (Å²) in [5.74, 6) is 2.11. The van der Waals surface area contributed by atoms with Gasteiger partial charge in [-0.2, -0.15) is 4.98 Å². The highest BCUT2D eigenvalue weighted by molar-refractivity contribution is 7.98. The molecule has 1 aromatic carbocycles. The number of hydrogen-bond donors (Lipinski definition) is 1. The summed E-state index contributed by atoms with van der Waals surface area (Å²) in [5.41, 5.74) is 0. The van der Waals surface area contributed by atoms with Crippen LogP contribution in [0.3, 0.4) is 0 Å². The van der Waals surface area contributed by atoms with E-state index in [0.717, 1.165) is 48.5 Å². The first-order valence-electron chi connectivity index (χ1n) is 6.92. The second-order valence-corrected chi connectivity index (χ2v) is 6.36. The minimum atomic E-state index is 0.686. The lowest BCUT2D eigenvalue weighted by atomic mass is 10.3. The minimum absolute atomic E-state index is 0.686. The van der Waals surface area contributed by atoms with E-state index in [0.29, 0.717) is 11.6 Å². The molecule has 1 saturated heterocycles. The molecule has 0 saturated carbocycles. The van der Waals surface area contributed by atoms with E-state index in [4.69, 9.17) is 16.1 Å². The van der Waals surface area contributed by atoms with Gasteiger partial charge in [-0.3, -0.25) is 4.90 Å². The van der Waals surface area contributed by atoms with Gasteiger partial charge in [0.25, 0.3) is 0 Å². The molecule has 2 aromatic rings. The Morgan fingerprint density at radius 2 is 2.19 bits per heavy atom. The lowest BCUT2D eigenvalue weighted by molar-refractivity contribution is 0.203. The van der Waals surface area contributed by atoms with Crippen molar-refractivity contribution in [2.75, 3.05) is 26.2 Å². The van der Waals surface area contributed by atoms with Crippen LogP contribution in [0, 0.1) is 0 Å². The monoisotopic (exact) mass is 324 g/mol. The molecule has 0 atom stereocenters. The lowest BCUT2D eigenvalue weighted by Crippen LogP contribution is -2.42. The fourth-order valence-electron chi connectivity index (χ4n) is 2.18. The molecule has 1 fully saturated rings. The van der Waals surface area contributed by atoms with Gasteiger partial charge in [0.05, 0.1) is 12.3 Å².